The quantitative estimate of drug-likeness (QED) is 0.891. The van der Waals surface area contributed by atoms with Crippen molar-refractivity contribution in [2.45, 2.75) is 31.4 Å². The zero-order valence-corrected chi connectivity index (χ0v) is 12.2. The van der Waals surface area contributed by atoms with Crippen LogP contribution in [0.3, 0.4) is 0 Å². The van der Waals surface area contributed by atoms with Crippen molar-refractivity contribution in [1.29, 1.82) is 0 Å². The van der Waals surface area contributed by atoms with E-state index in [1.807, 2.05) is 30.0 Å². The Kier molecular flexibility index (Phi) is 4.96. The third-order valence-corrected chi connectivity index (χ3v) is 4.73. The minimum Gasteiger partial charge on any atom is -0.389 e. The third-order valence-electron chi connectivity index (χ3n) is 3.51. The van der Waals surface area contributed by atoms with E-state index in [0.717, 1.165) is 34.9 Å². The van der Waals surface area contributed by atoms with Gasteiger partial charge in [-0.3, -0.25) is 0 Å². The van der Waals surface area contributed by atoms with Gasteiger partial charge in [-0.1, -0.05) is 23.7 Å². The van der Waals surface area contributed by atoms with Crippen LogP contribution in [0.4, 0.5) is 0 Å². The molecule has 1 unspecified atom stereocenters. The van der Waals surface area contributed by atoms with Crippen molar-refractivity contribution in [1.82, 2.24) is 5.32 Å². The number of halogens is 1. The molecule has 0 aromatic heterocycles. The molecule has 2 rings (SSSR count). The molecule has 2 N–H and O–H groups in total. The van der Waals surface area contributed by atoms with Crippen LogP contribution < -0.4 is 5.32 Å². The summed E-state index contributed by atoms with van der Waals surface area (Å²) < 4.78 is 0. The number of aliphatic hydroxyl groups is 1. The number of nitrogens with one attached hydrogen (secondary N) is 1. The van der Waals surface area contributed by atoms with Crippen molar-refractivity contribution >= 4 is 23.4 Å². The molecule has 1 heterocycles. The Hall–Kier alpha value is -0.220. The maximum Gasteiger partial charge on any atom is 0.0787 e. The van der Waals surface area contributed by atoms with Gasteiger partial charge in [0.15, 0.2) is 0 Å². The van der Waals surface area contributed by atoms with Crippen LogP contribution in [0.1, 0.15) is 31.4 Å². The van der Waals surface area contributed by atoms with Gasteiger partial charge >= 0.3 is 0 Å². The van der Waals surface area contributed by atoms with Crippen LogP contribution in [-0.2, 0) is 0 Å². The molecular weight excluding hydrogens is 266 g/mol. The fraction of sp³-hybridized carbons (Fsp3) is 0.571. The van der Waals surface area contributed by atoms with E-state index in [1.54, 1.807) is 0 Å². The highest BCUT2D eigenvalue weighted by atomic mass is 35.5. The molecule has 1 aliphatic rings. The molecule has 1 aromatic rings. The van der Waals surface area contributed by atoms with Crippen LogP contribution in [0.5, 0.6) is 0 Å². The molecule has 0 bridgehead atoms. The number of rotatable bonds is 4. The van der Waals surface area contributed by atoms with Crippen molar-refractivity contribution in [3.63, 3.8) is 0 Å². The first kappa shape index (κ1) is 14.2. The van der Waals surface area contributed by atoms with E-state index in [1.165, 1.54) is 0 Å². The van der Waals surface area contributed by atoms with Gasteiger partial charge in [-0.25, -0.2) is 0 Å². The van der Waals surface area contributed by atoms with Crippen LogP contribution in [0, 0.1) is 0 Å². The second kappa shape index (κ2) is 6.29. The summed E-state index contributed by atoms with van der Waals surface area (Å²) in [4.78, 5) is 0. The molecule has 2 nitrogen and oxygen atoms in total. The van der Waals surface area contributed by atoms with E-state index in [-0.39, 0.29) is 6.04 Å². The summed E-state index contributed by atoms with van der Waals surface area (Å²) in [6.45, 7) is 2.76. The van der Waals surface area contributed by atoms with E-state index < -0.39 is 5.60 Å². The monoisotopic (exact) mass is 285 g/mol. The van der Waals surface area contributed by atoms with E-state index in [9.17, 15) is 5.11 Å². The minimum absolute atomic E-state index is 0.210. The van der Waals surface area contributed by atoms with E-state index >= 15 is 0 Å². The second-order valence-electron chi connectivity index (χ2n) is 4.99. The average molecular weight is 286 g/mol. The molecule has 0 amide bonds. The van der Waals surface area contributed by atoms with Crippen LogP contribution in [0.2, 0.25) is 5.02 Å². The Morgan fingerprint density at radius 3 is 2.83 bits per heavy atom. The zero-order valence-electron chi connectivity index (χ0n) is 10.7. The van der Waals surface area contributed by atoms with Gasteiger partial charge in [0.05, 0.1) is 5.60 Å². The zero-order chi connectivity index (χ0) is 13.0. The van der Waals surface area contributed by atoms with Gasteiger partial charge < -0.3 is 10.4 Å². The summed E-state index contributed by atoms with van der Waals surface area (Å²) in [6.07, 6.45) is 1.76. The smallest absolute Gasteiger partial charge is 0.0787 e. The SMILES string of the molecule is CC(NCC1(O)CCSCC1)c1cccc(Cl)c1. The lowest BCUT2D eigenvalue weighted by atomic mass is 9.96. The van der Waals surface area contributed by atoms with Gasteiger partial charge in [-0.15, -0.1) is 0 Å². The lowest BCUT2D eigenvalue weighted by Gasteiger charge is -2.33. The maximum absolute atomic E-state index is 10.4. The summed E-state index contributed by atoms with van der Waals surface area (Å²) in [7, 11) is 0. The molecule has 4 heteroatoms. The fourth-order valence-corrected chi connectivity index (χ4v) is 3.62. The lowest BCUT2D eigenvalue weighted by molar-refractivity contribution is 0.0300. The summed E-state index contributed by atoms with van der Waals surface area (Å²) in [5.41, 5.74) is 0.634. The van der Waals surface area contributed by atoms with E-state index in [2.05, 4.69) is 18.3 Å². The van der Waals surface area contributed by atoms with Crippen LogP contribution >= 0.6 is 23.4 Å². The Balaban J connectivity index is 1.89. The first-order valence-electron chi connectivity index (χ1n) is 6.38. The summed E-state index contributed by atoms with van der Waals surface area (Å²) >= 11 is 7.91. The molecule has 1 saturated heterocycles. The normalized spacial score (nSPS) is 20.6. The molecule has 0 saturated carbocycles. The summed E-state index contributed by atoms with van der Waals surface area (Å²) in [5, 5.41) is 14.6. The lowest BCUT2D eigenvalue weighted by Crippen LogP contribution is -2.44. The fourth-order valence-electron chi connectivity index (χ4n) is 2.16. The molecule has 0 radical (unpaired) electrons. The molecule has 18 heavy (non-hydrogen) atoms. The van der Waals surface area contributed by atoms with Gasteiger partial charge in [-0.05, 0) is 49.0 Å². The van der Waals surface area contributed by atoms with Crippen molar-refractivity contribution in [2.75, 3.05) is 18.1 Å². The highest BCUT2D eigenvalue weighted by Gasteiger charge is 2.29. The highest BCUT2D eigenvalue weighted by molar-refractivity contribution is 7.99. The first-order valence-corrected chi connectivity index (χ1v) is 7.91. The number of hydrogen-bond donors (Lipinski definition) is 2. The standard InChI is InChI=1S/C14H20ClNOS/c1-11(12-3-2-4-13(15)9-12)16-10-14(17)5-7-18-8-6-14/h2-4,9,11,16-17H,5-8,10H2,1H3. The molecule has 1 aliphatic heterocycles. The van der Waals surface area contributed by atoms with Crippen molar-refractivity contribution < 1.29 is 5.11 Å². The Bertz CT molecular complexity index is 393. The maximum atomic E-state index is 10.4. The molecule has 0 aliphatic carbocycles. The van der Waals surface area contributed by atoms with Crippen LogP contribution in [0.25, 0.3) is 0 Å². The topological polar surface area (TPSA) is 32.3 Å². The van der Waals surface area contributed by atoms with Gasteiger partial charge in [0.1, 0.15) is 0 Å². The highest BCUT2D eigenvalue weighted by Crippen LogP contribution is 2.27. The van der Waals surface area contributed by atoms with Crippen LogP contribution in [-0.4, -0.2) is 28.8 Å². The summed E-state index contributed by atoms with van der Waals surface area (Å²) in [6, 6.07) is 8.08. The summed E-state index contributed by atoms with van der Waals surface area (Å²) in [5.74, 6) is 2.12. The molecular formula is C14H20ClNOS. The number of hydrogen-bond acceptors (Lipinski definition) is 3. The predicted octanol–water partition coefficient (Wildman–Crippen LogP) is 3.25. The average Bonchev–Trinajstić information content (AvgIpc) is 2.37. The van der Waals surface area contributed by atoms with Gasteiger partial charge in [-0.2, -0.15) is 11.8 Å². The predicted molar refractivity (Wildman–Crippen MR) is 79.4 cm³/mol. The van der Waals surface area contributed by atoms with Gasteiger partial charge in [0.25, 0.3) is 0 Å². The Labute approximate surface area is 118 Å². The molecule has 1 aromatic carbocycles. The molecule has 1 fully saturated rings. The largest absolute Gasteiger partial charge is 0.389 e. The molecule has 100 valence electrons. The first-order chi connectivity index (χ1) is 8.59. The van der Waals surface area contributed by atoms with Crippen molar-refractivity contribution in [2.24, 2.45) is 0 Å². The minimum atomic E-state index is -0.530. The van der Waals surface area contributed by atoms with Gasteiger partial charge in [0, 0.05) is 17.6 Å². The van der Waals surface area contributed by atoms with E-state index in [4.69, 9.17) is 11.6 Å². The van der Waals surface area contributed by atoms with Crippen molar-refractivity contribution in [3.05, 3.63) is 34.9 Å². The van der Waals surface area contributed by atoms with Crippen molar-refractivity contribution in [3.8, 4) is 0 Å². The number of benzene rings is 1. The molecule has 0 spiro atoms. The third kappa shape index (κ3) is 3.89. The van der Waals surface area contributed by atoms with E-state index in [0.29, 0.717) is 6.54 Å². The Morgan fingerprint density at radius 1 is 1.44 bits per heavy atom. The van der Waals surface area contributed by atoms with Gasteiger partial charge in [0.2, 0.25) is 0 Å². The second-order valence-corrected chi connectivity index (χ2v) is 6.66. The molecule has 1 atom stereocenters. The number of thioether (sulfide) groups is 1. The Morgan fingerprint density at radius 2 is 2.17 bits per heavy atom. The van der Waals surface area contributed by atoms with Crippen LogP contribution in [0.15, 0.2) is 24.3 Å².